The Morgan fingerprint density at radius 2 is 1.00 bits per heavy atom. The van der Waals surface area contributed by atoms with Gasteiger partial charge in [-0.3, -0.25) is 25.2 Å². The summed E-state index contributed by atoms with van der Waals surface area (Å²) in [5.74, 6) is 1.08. The molecule has 3 amide bonds. The summed E-state index contributed by atoms with van der Waals surface area (Å²) in [7, 11) is 7.61. The number of hydrazine groups is 1. The predicted molar refractivity (Wildman–Crippen MR) is 164 cm³/mol. The van der Waals surface area contributed by atoms with Crippen LogP contribution in [0.5, 0.6) is 28.7 Å². The highest BCUT2D eigenvalue weighted by atomic mass is 16.5. The highest BCUT2D eigenvalue weighted by Crippen LogP contribution is 2.41. The fraction of sp³-hybridized carbons (Fsp3) is 0.182. The quantitative estimate of drug-likeness (QED) is 0.239. The molecule has 0 unspecified atom stereocenters. The SMILES string of the molecule is COc1ccc(CN(C(=O)c2ccc(C(=O)NNC(=O)c3ccc(OC)cc3)cc2)c2cc(OC)c(OC)c(OC)c2)cc1. The van der Waals surface area contributed by atoms with E-state index in [4.69, 9.17) is 23.7 Å². The fourth-order valence-corrected chi connectivity index (χ4v) is 4.34. The lowest BCUT2D eigenvalue weighted by molar-refractivity contribution is 0.0846. The number of carbonyl (C=O) groups excluding carboxylic acids is 3. The van der Waals surface area contributed by atoms with Crippen LogP contribution in [0.1, 0.15) is 36.6 Å². The number of nitrogens with one attached hydrogen (secondary N) is 2. The zero-order valence-electron chi connectivity index (χ0n) is 25.0. The third-order valence-corrected chi connectivity index (χ3v) is 6.74. The highest BCUT2D eigenvalue weighted by molar-refractivity contribution is 6.07. The molecule has 11 nitrogen and oxygen atoms in total. The Morgan fingerprint density at radius 3 is 1.43 bits per heavy atom. The van der Waals surface area contributed by atoms with Crippen LogP contribution in [0.4, 0.5) is 5.69 Å². The van der Waals surface area contributed by atoms with E-state index in [1.165, 1.54) is 40.6 Å². The van der Waals surface area contributed by atoms with E-state index in [9.17, 15) is 14.4 Å². The standard InChI is InChI=1S/C33H33N3O8/c1-40-26-14-6-21(7-15-26)20-36(25-18-28(42-3)30(44-5)29(19-25)43-4)33(39)24-10-8-22(9-11-24)31(37)34-35-32(38)23-12-16-27(41-2)17-13-23/h6-19H,20H2,1-5H3,(H,34,37)(H,35,38). The van der Waals surface area contributed by atoms with Gasteiger partial charge < -0.3 is 28.6 Å². The molecule has 0 atom stereocenters. The Hall–Kier alpha value is -5.71. The van der Waals surface area contributed by atoms with Gasteiger partial charge in [-0.1, -0.05) is 12.1 Å². The molecule has 0 radical (unpaired) electrons. The maximum absolute atomic E-state index is 13.9. The Kier molecular flexibility index (Phi) is 10.3. The van der Waals surface area contributed by atoms with Crippen molar-refractivity contribution in [1.29, 1.82) is 0 Å². The lowest BCUT2D eigenvalue weighted by Gasteiger charge is -2.25. The number of ether oxygens (including phenoxy) is 5. The number of hydrogen-bond donors (Lipinski definition) is 2. The van der Waals surface area contributed by atoms with Crippen molar-refractivity contribution in [3.8, 4) is 28.7 Å². The Bertz CT molecular complexity index is 1580. The van der Waals surface area contributed by atoms with E-state index in [-0.39, 0.29) is 18.0 Å². The van der Waals surface area contributed by atoms with Gasteiger partial charge in [0.25, 0.3) is 17.7 Å². The van der Waals surface area contributed by atoms with Gasteiger partial charge in [0.2, 0.25) is 5.75 Å². The van der Waals surface area contributed by atoms with Crippen LogP contribution in [0.2, 0.25) is 0 Å². The van der Waals surface area contributed by atoms with Crippen LogP contribution < -0.4 is 39.4 Å². The molecule has 4 rings (SSSR count). The molecule has 2 N–H and O–H groups in total. The van der Waals surface area contributed by atoms with Crippen LogP contribution in [0.3, 0.4) is 0 Å². The van der Waals surface area contributed by atoms with Gasteiger partial charge in [0, 0.05) is 28.8 Å². The van der Waals surface area contributed by atoms with Crippen LogP contribution in [-0.2, 0) is 6.54 Å². The van der Waals surface area contributed by atoms with E-state index < -0.39 is 11.8 Å². The maximum atomic E-state index is 13.9. The molecule has 0 saturated heterocycles. The second-order valence-corrected chi connectivity index (χ2v) is 9.34. The molecule has 0 bridgehead atoms. The third kappa shape index (κ3) is 7.19. The van der Waals surface area contributed by atoms with Crippen LogP contribution in [-0.4, -0.2) is 53.3 Å². The number of amides is 3. The molecule has 228 valence electrons. The highest BCUT2D eigenvalue weighted by Gasteiger charge is 2.23. The minimum absolute atomic E-state index is 0.209. The molecule has 4 aromatic carbocycles. The molecule has 0 spiro atoms. The minimum atomic E-state index is -0.550. The van der Waals surface area contributed by atoms with Gasteiger partial charge in [0.05, 0.1) is 47.8 Å². The van der Waals surface area contributed by atoms with Gasteiger partial charge >= 0.3 is 0 Å². The maximum Gasteiger partial charge on any atom is 0.269 e. The summed E-state index contributed by atoms with van der Waals surface area (Å²) in [4.78, 5) is 40.6. The summed E-state index contributed by atoms with van der Waals surface area (Å²) in [5.41, 5.74) is 7.02. The molecule has 11 heteroatoms. The number of benzene rings is 4. The molecule has 0 aliphatic carbocycles. The first-order valence-electron chi connectivity index (χ1n) is 13.4. The Morgan fingerprint density at radius 1 is 0.568 bits per heavy atom. The van der Waals surface area contributed by atoms with Crippen molar-refractivity contribution in [2.45, 2.75) is 6.54 Å². The average molecular weight is 600 g/mol. The van der Waals surface area contributed by atoms with Crippen molar-refractivity contribution in [1.82, 2.24) is 10.9 Å². The molecular formula is C33H33N3O8. The van der Waals surface area contributed by atoms with E-state index in [0.717, 1.165) is 5.56 Å². The second-order valence-electron chi connectivity index (χ2n) is 9.34. The summed E-state index contributed by atoms with van der Waals surface area (Å²) in [6.45, 7) is 0.209. The number of hydrogen-bond acceptors (Lipinski definition) is 8. The first-order chi connectivity index (χ1) is 21.3. The van der Waals surface area contributed by atoms with Crippen LogP contribution in [0.25, 0.3) is 0 Å². The molecule has 0 saturated carbocycles. The van der Waals surface area contributed by atoms with Crippen molar-refractivity contribution in [2.75, 3.05) is 40.4 Å². The first-order valence-corrected chi connectivity index (χ1v) is 13.4. The number of carbonyl (C=O) groups is 3. The lowest BCUT2D eigenvalue weighted by Crippen LogP contribution is -2.41. The van der Waals surface area contributed by atoms with Gasteiger partial charge in [0.15, 0.2) is 11.5 Å². The zero-order valence-corrected chi connectivity index (χ0v) is 25.0. The summed E-state index contributed by atoms with van der Waals surface area (Å²) in [6.07, 6.45) is 0. The normalized spacial score (nSPS) is 10.3. The minimum Gasteiger partial charge on any atom is -0.497 e. The summed E-state index contributed by atoms with van der Waals surface area (Å²) in [5, 5.41) is 0. The smallest absolute Gasteiger partial charge is 0.269 e. The van der Waals surface area contributed by atoms with Gasteiger partial charge in [-0.05, 0) is 66.2 Å². The lowest BCUT2D eigenvalue weighted by atomic mass is 10.1. The molecule has 0 heterocycles. The fourth-order valence-electron chi connectivity index (χ4n) is 4.34. The zero-order chi connectivity index (χ0) is 31.6. The van der Waals surface area contributed by atoms with Crippen molar-refractivity contribution < 1.29 is 38.1 Å². The van der Waals surface area contributed by atoms with Crippen molar-refractivity contribution >= 4 is 23.4 Å². The second kappa shape index (κ2) is 14.5. The van der Waals surface area contributed by atoms with Crippen molar-refractivity contribution in [3.63, 3.8) is 0 Å². The average Bonchev–Trinajstić information content (AvgIpc) is 3.08. The first kappa shape index (κ1) is 31.2. The number of nitrogens with zero attached hydrogens (tertiary/aromatic N) is 1. The summed E-state index contributed by atoms with van der Waals surface area (Å²) < 4.78 is 26.8. The van der Waals surface area contributed by atoms with Crippen molar-refractivity contribution in [2.24, 2.45) is 0 Å². The predicted octanol–water partition coefficient (Wildman–Crippen LogP) is 4.65. The largest absolute Gasteiger partial charge is 0.497 e. The van der Waals surface area contributed by atoms with Crippen LogP contribution in [0, 0.1) is 0 Å². The molecular weight excluding hydrogens is 566 g/mol. The number of methoxy groups -OCH3 is 5. The number of rotatable bonds is 11. The van der Waals surface area contributed by atoms with E-state index >= 15 is 0 Å². The van der Waals surface area contributed by atoms with Crippen LogP contribution in [0.15, 0.2) is 84.9 Å². The summed E-state index contributed by atoms with van der Waals surface area (Å²) >= 11 is 0. The van der Waals surface area contributed by atoms with E-state index in [1.54, 1.807) is 60.5 Å². The van der Waals surface area contributed by atoms with Gasteiger partial charge in [0.1, 0.15) is 11.5 Å². The van der Waals surface area contributed by atoms with E-state index in [2.05, 4.69) is 10.9 Å². The van der Waals surface area contributed by atoms with Crippen molar-refractivity contribution in [3.05, 3.63) is 107 Å². The van der Waals surface area contributed by atoms with Crippen LogP contribution >= 0.6 is 0 Å². The van der Waals surface area contributed by atoms with Gasteiger partial charge in [-0.15, -0.1) is 0 Å². The molecule has 0 aromatic heterocycles. The molecule has 0 fully saturated rings. The number of anilines is 1. The summed E-state index contributed by atoms with van der Waals surface area (Å²) in [6, 6.07) is 23.3. The molecule has 44 heavy (non-hydrogen) atoms. The Balaban J connectivity index is 1.56. The molecule has 0 aliphatic rings. The topological polar surface area (TPSA) is 125 Å². The van der Waals surface area contributed by atoms with Gasteiger partial charge in [-0.25, -0.2) is 0 Å². The molecule has 0 aliphatic heterocycles. The van der Waals surface area contributed by atoms with E-state index in [1.807, 2.05) is 24.3 Å². The molecule has 4 aromatic rings. The van der Waals surface area contributed by atoms with Gasteiger partial charge in [-0.2, -0.15) is 0 Å². The third-order valence-electron chi connectivity index (χ3n) is 6.74. The Labute approximate surface area is 255 Å². The monoisotopic (exact) mass is 599 g/mol. The van der Waals surface area contributed by atoms with E-state index in [0.29, 0.717) is 45.6 Å².